The molecule has 5 aromatic rings. The molecular weight excluding hydrogens is 456 g/mol. The summed E-state index contributed by atoms with van der Waals surface area (Å²) in [5.74, 6) is 0.554. The predicted octanol–water partition coefficient (Wildman–Crippen LogP) is 6.21. The highest BCUT2D eigenvalue weighted by Gasteiger charge is 2.41. The highest BCUT2D eigenvalue weighted by atomic mass is 15.2. The molecule has 6 heteroatoms. The third-order valence-electron chi connectivity index (χ3n) is 8.74. The molecule has 37 heavy (non-hydrogen) atoms. The molecule has 2 aliphatic rings. The number of pyridine rings is 1. The van der Waals surface area contributed by atoms with Crippen molar-refractivity contribution in [2.24, 2.45) is 13.0 Å². The van der Waals surface area contributed by atoms with Gasteiger partial charge in [0.15, 0.2) is 0 Å². The van der Waals surface area contributed by atoms with E-state index in [0.717, 1.165) is 27.8 Å². The molecule has 0 spiro atoms. The van der Waals surface area contributed by atoms with Crippen LogP contribution in [0.3, 0.4) is 0 Å². The van der Waals surface area contributed by atoms with Crippen molar-refractivity contribution in [1.82, 2.24) is 24.4 Å². The highest BCUT2D eigenvalue weighted by Crippen LogP contribution is 2.44. The summed E-state index contributed by atoms with van der Waals surface area (Å²) in [6.07, 6.45) is 14.6. The number of aryl methyl sites for hydroxylation is 1. The maximum atomic E-state index is 4.74. The second-order valence-corrected chi connectivity index (χ2v) is 10.8. The van der Waals surface area contributed by atoms with E-state index in [0.29, 0.717) is 18.0 Å². The molecule has 0 saturated carbocycles. The number of nitrogens with zero attached hydrogens (tertiary/aromatic N) is 5. The molecule has 2 saturated heterocycles. The van der Waals surface area contributed by atoms with E-state index >= 15 is 0 Å². The average Bonchev–Trinajstić information content (AvgIpc) is 3.38. The Kier molecular flexibility index (Phi) is 5.43. The van der Waals surface area contributed by atoms with E-state index in [9.17, 15) is 0 Å². The fourth-order valence-corrected chi connectivity index (χ4v) is 6.75. The van der Waals surface area contributed by atoms with Crippen LogP contribution in [0, 0.1) is 5.92 Å². The van der Waals surface area contributed by atoms with Gasteiger partial charge in [0.25, 0.3) is 0 Å². The third kappa shape index (κ3) is 3.96. The summed E-state index contributed by atoms with van der Waals surface area (Å²) < 4.78 is 2.17. The van der Waals surface area contributed by atoms with Crippen molar-refractivity contribution in [3.8, 4) is 11.1 Å². The Morgan fingerprint density at radius 3 is 2.57 bits per heavy atom. The van der Waals surface area contributed by atoms with Crippen molar-refractivity contribution < 1.29 is 0 Å². The first-order chi connectivity index (χ1) is 18.1. The normalized spacial score (nSPS) is 22.5. The number of piperidine rings is 1. The molecule has 2 aromatic carbocycles. The standard InChI is InChI=1S/C31H32N6/c1-36-13-9-20-5-6-21(16-29(20)36)27-17-24(18-28-31(27)34-12-11-33-28)35-30(22-4-3-10-32-19-22)23-14-25-7-8-26(15-23)37(25)2/h3-6,9-13,16-19,23,25-26,30,35H,7-8,14-15H2,1-2H3. The lowest BCUT2D eigenvalue weighted by Crippen LogP contribution is -2.42. The van der Waals surface area contributed by atoms with Gasteiger partial charge in [-0.15, -0.1) is 0 Å². The number of rotatable bonds is 5. The molecule has 1 N–H and O–H groups in total. The van der Waals surface area contributed by atoms with Gasteiger partial charge in [-0.3, -0.25) is 15.0 Å². The van der Waals surface area contributed by atoms with Crippen LogP contribution >= 0.6 is 0 Å². The molecule has 3 aromatic heterocycles. The molecule has 0 aliphatic carbocycles. The van der Waals surface area contributed by atoms with Crippen LogP contribution in [0.5, 0.6) is 0 Å². The lowest BCUT2D eigenvalue weighted by atomic mass is 9.82. The second-order valence-electron chi connectivity index (χ2n) is 10.8. The zero-order valence-electron chi connectivity index (χ0n) is 21.4. The zero-order chi connectivity index (χ0) is 24.9. The average molecular weight is 489 g/mol. The van der Waals surface area contributed by atoms with Crippen molar-refractivity contribution in [1.29, 1.82) is 0 Å². The van der Waals surface area contributed by atoms with Gasteiger partial charge in [-0.25, -0.2) is 0 Å². The topological polar surface area (TPSA) is 58.9 Å². The summed E-state index contributed by atoms with van der Waals surface area (Å²) in [5.41, 5.74) is 7.63. The summed E-state index contributed by atoms with van der Waals surface area (Å²) in [7, 11) is 4.40. The van der Waals surface area contributed by atoms with E-state index in [1.165, 1.54) is 42.1 Å². The van der Waals surface area contributed by atoms with Crippen LogP contribution in [0.15, 0.2) is 79.5 Å². The second kappa shape index (κ2) is 8.96. The van der Waals surface area contributed by atoms with Crippen LogP contribution in [0.1, 0.15) is 37.3 Å². The minimum absolute atomic E-state index is 0.197. The number of fused-ring (bicyclic) bond motifs is 4. The summed E-state index contributed by atoms with van der Waals surface area (Å²) in [5, 5.41) is 5.20. The molecule has 6 nitrogen and oxygen atoms in total. The van der Waals surface area contributed by atoms with Crippen LogP contribution in [0.4, 0.5) is 5.69 Å². The lowest BCUT2D eigenvalue weighted by Gasteiger charge is -2.40. The molecule has 2 fully saturated rings. The Hall–Kier alpha value is -3.77. The molecule has 186 valence electrons. The summed E-state index contributed by atoms with van der Waals surface area (Å²) in [4.78, 5) is 16.5. The minimum atomic E-state index is 0.197. The van der Waals surface area contributed by atoms with Gasteiger partial charge in [0.05, 0.1) is 17.1 Å². The summed E-state index contributed by atoms with van der Waals surface area (Å²) >= 11 is 0. The van der Waals surface area contributed by atoms with E-state index in [2.05, 4.69) is 88.6 Å². The van der Waals surface area contributed by atoms with Crippen molar-refractivity contribution in [3.63, 3.8) is 0 Å². The van der Waals surface area contributed by atoms with Crippen LogP contribution in [0.25, 0.3) is 33.1 Å². The van der Waals surface area contributed by atoms with Crippen molar-refractivity contribution in [2.75, 3.05) is 12.4 Å². The van der Waals surface area contributed by atoms with E-state index in [4.69, 9.17) is 9.97 Å². The molecule has 5 heterocycles. The molecule has 2 bridgehead atoms. The fourth-order valence-electron chi connectivity index (χ4n) is 6.75. The number of anilines is 1. The number of nitrogens with one attached hydrogen (secondary N) is 1. The zero-order valence-corrected chi connectivity index (χ0v) is 21.4. The van der Waals surface area contributed by atoms with Crippen molar-refractivity contribution >= 4 is 27.6 Å². The lowest BCUT2D eigenvalue weighted by molar-refractivity contribution is 0.124. The number of aromatic nitrogens is 4. The summed E-state index contributed by atoms with van der Waals surface area (Å²) in [6.45, 7) is 0. The Morgan fingerprint density at radius 1 is 0.919 bits per heavy atom. The van der Waals surface area contributed by atoms with Gasteiger partial charge in [0, 0.05) is 66.9 Å². The summed E-state index contributed by atoms with van der Waals surface area (Å²) in [6, 6.07) is 19.0. The van der Waals surface area contributed by atoms with Crippen molar-refractivity contribution in [2.45, 2.75) is 43.8 Å². The quantitative estimate of drug-likeness (QED) is 0.319. The van der Waals surface area contributed by atoms with Crippen LogP contribution < -0.4 is 5.32 Å². The Morgan fingerprint density at radius 2 is 1.76 bits per heavy atom. The van der Waals surface area contributed by atoms with Crippen molar-refractivity contribution in [3.05, 3.63) is 85.1 Å². The number of hydrogen-bond donors (Lipinski definition) is 1. The third-order valence-corrected chi connectivity index (χ3v) is 8.74. The molecule has 3 atom stereocenters. The fraction of sp³-hybridized carbons (Fsp3) is 0.323. The SMILES string of the molecule is CN1C2CCC1CC(C(Nc1cc(-c3ccc4ccn(C)c4c3)c3nccnc3c1)c1cccnc1)C2. The van der Waals surface area contributed by atoms with Crippen LogP contribution in [0.2, 0.25) is 0 Å². The first-order valence-corrected chi connectivity index (χ1v) is 13.3. The minimum Gasteiger partial charge on any atom is -0.378 e. The first-order valence-electron chi connectivity index (χ1n) is 13.3. The van der Waals surface area contributed by atoms with Gasteiger partial charge in [-0.05, 0) is 85.5 Å². The Balaban J connectivity index is 1.31. The smallest absolute Gasteiger partial charge is 0.0966 e. The molecule has 3 unspecified atom stereocenters. The number of hydrogen-bond acceptors (Lipinski definition) is 5. The number of benzene rings is 2. The largest absolute Gasteiger partial charge is 0.378 e. The van der Waals surface area contributed by atoms with Crippen LogP contribution in [-0.2, 0) is 7.05 Å². The van der Waals surface area contributed by atoms with Crippen LogP contribution in [-0.4, -0.2) is 43.6 Å². The maximum Gasteiger partial charge on any atom is 0.0966 e. The van der Waals surface area contributed by atoms with E-state index in [-0.39, 0.29) is 6.04 Å². The molecule has 0 amide bonds. The predicted molar refractivity (Wildman–Crippen MR) is 149 cm³/mol. The molecule has 2 aliphatic heterocycles. The van der Waals surface area contributed by atoms with E-state index in [1.807, 2.05) is 12.4 Å². The maximum absolute atomic E-state index is 4.74. The molecular formula is C31H32N6. The molecule has 7 rings (SSSR count). The van der Waals surface area contributed by atoms with Gasteiger partial charge in [-0.2, -0.15) is 0 Å². The highest BCUT2D eigenvalue weighted by molar-refractivity contribution is 5.97. The van der Waals surface area contributed by atoms with Gasteiger partial charge in [0.2, 0.25) is 0 Å². The monoisotopic (exact) mass is 488 g/mol. The van der Waals surface area contributed by atoms with Gasteiger partial charge < -0.3 is 14.8 Å². The van der Waals surface area contributed by atoms with Gasteiger partial charge in [0.1, 0.15) is 0 Å². The Labute approximate surface area is 217 Å². The van der Waals surface area contributed by atoms with Gasteiger partial charge in [-0.1, -0.05) is 18.2 Å². The Bertz CT molecular complexity index is 1560. The molecule has 0 radical (unpaired) electrons. The van der Waals surface area contributed by atoms with E-state index in [1.54, 1.807) is 12.4 Å². The first kappa shape index (κ1) is 22.4. The van der Waals surface area contributed by atoms with E-state index < -0.39 is 0 Å². The van der Waals surface area contributed by atoms with Gasteiger partial charge >= 0.3 is 0 Å².